The number of rotatable bonds is 5. The van der Waals surface area contributed by atoms with Crippen molar-refractivity contribution in [3.63, 3.8) is 0 Å². The molecule has 24 heavy (non-hydrogen) atoms. The maximum atomic E-state index is 10.1. The lowest BCUT2D eigenvalue weighted by Crippen LogP contribution is -1.97. The molecule has 0 unspecified atom stereocenters. The summed E-state index contributed by atoms with van der Waals surface area (Å²) in [4.78, 5) is 0. The molecule has 4 N–H and O–H groups in total. The molecule has 2 aromatic rings. The van der Waals surface area contributed by atoms with Crippen LogP contribution in [0.25, 0.3) is 0 Å². The summed E-state index contributed by atoms with van der Waals surface area (Å²) < 4.78 is 0. The Balaban J connectivity index is 2.20. The molecule has 130 valence electrons. The van der Waals surface area contributed by atoms with Crippen molar-refractivity contribution in [2.45, 2.75) is 52.4 Å². The Morgan fingerprint density at radius 1 is 0.583 bits per heavy atom. The monoisotopic (exact) mass is 330 g/mol. The summed E-state index contributed by atoms with van der Waals surface area (Å²) in [5, 5.41) is 40.3. The minimum absolute atomic E-state index is 0.0384. The first-order chi connectivity index (χ1) is 11.2. The van der Waals surface area contributed by atoms with Crippen LogP contribution in [0, 0.1) is 0 Å². The number of aryl methyl sites for hydroxylation is 2. The maximum absolute atomic E-state index is 10.1. The predicted molar refractivity (Wildman–Crippen MR) is 95.1 cm³/mol. The third-order valence-electron chi connectivity index (χ3n) is 4.25. The van der Waals surface area contributed by atoms with Crippen LogP contribution in [0.2, 0.25) is 0 Å². The Morgan fingerprint density at radius 2 is 0.833 bits per heavy atom. The van der Waals surface area contributed by atoms with Gasteiger partial charge in [-0.2, -0.15) is 0 Å². The second-order valence-corrected chi connectivity index (χ2v) is 6.90. The third-order valence-corrected chi connectivity index (χ3v) is 4.25. The molecular weight excluding hydrogens is 304 g/mol. The fourth-order valence-corrected chi connectivity index (χ4v) is 3.12. The van der Waals surface area contributed by atoms with Crippen molar-refractivity contribution in [1.29, 1.82) is 0 Å². The van der Waals surface area contributed by atoms with Crippen molar-refractivity contribution in [3.8, 4) is 23.0 Å². The molecule has 0 aromatic heterocycles. The number of hydrogen-bond donors (Lipinski definition) is 4. The minimum atomic E-state index is 0.0384. The molecule has 0 amide bonds. The van der Waals surface area contributed by atoms with Gasteiger partial charge in [0.05, 0.1) is 0 Å². The van der Waals surface area contributed by atoms with Crippen LogP contribution in [-0.4, -0.2) is 20.4 Å². The first-order valence-corrected chi connectivity index (χ1v) is 8.30. The van der Waals surface area contributed by atoms with Crippen LogP contribution in [0.15, 0.2) is 24.3 Å². The summed E-state index contributed by atoms with van der Waals surface area (Å²) in [6.07, 6.45) is 1.17. The molecule has 0 saturated heterocycles. The molecule has 0 saturated carbocycles. The number of hydrogen-bond acceptors (Lipinski definition) is 4. The summed E-state index contributed by atoms with van der Waals surface area (Å²) >= 11 is 0. The average molecular weight is 330 g/mol. The molecule has 0 radical (unpaired) electrons. The van der Waals surface area contributed by atoms with Crippen LogP contribution < -0.4 is 0 Å². The van der Waals surface area contributed by atoms with E-state index >= 15 is 0 Å². The molecule has 2 aromatic carbocycles. The zero-order chi connectivity index (χ0) is 18.0. The third kappa shape index (κ3) is 3.75. The van der Waals surface area contributed by atoms with Crippen LogP contribution in [0.5, 0.6) is 23.0 Å². The summed E-state index contributed by atoms with van der Waals surface area (Å²) in [7, 11) is 0. The maximum Gasteiger partial charge on any atom is 0.123 e. The number of benzene rings is 2. The van der Waals surface area contributed by atoms with Crippen molar-refractivity contribution in [3.05, 3.63) is 46.5 Å². The topological polar surface area (TPSA) is 80.9 Å². The Labute approximate surface area is 143 Å². The molecule has 0 bridgehead atoms. The van der Waals surface area contributed by atoms with Gasteiger partial charge in [0.1, 0.15) is 23.0 Å². The highest BCUT2D eigenvalue weighted by molar-refractivity contribution is 5.50. The Morgan fingerprint density at radius 3 is 1.04 bits per heavy atom. The van der Waals surface area contributed by atoms with E-state index < -0.39 is 0 Å². The van der Waals surface area contributed by atoms with Crippen LogP contribution in [0.1, 0.15) is 61.8 Å². The largest absolute Gasteiger partial charge is 0.508 e. The highest BCUT2D eigenvalue weighted by Gasteiger charge is 2.15. The van der Waals surface area contributed by atoms with Gasteiger partial charge in [0.15, 0.2) is 0 Å². The van der Waals surface area contributed by atoms with Gasteiger partial charge in [-0.25, -0.2) is 0 Å². The van der Waals surface area contributed by atoms with Crippen LogP contribution in [0.4, 0.5) is 0 Å². The summed E-state index contributed by atoms with van der Waals surface area (Å²) in [6, 6.07) is 6.66. The molecule has 2 rings (SSSR count). The van der Waals surface area contributed by atoms with Gasteiger partial charge in [-0.05, 0) is 60.1 Å². The van der Waals surface area contributed by atoms with E-state index in [0.717, 1.165) is 11.1 Å². The Kier molecular flexibility index (Phi) is 5.27. The van der Waals surface area contributed by atoms with Gasteiger partial charge in [0.25, 0.3) is 0 Å². The van der Waals surface area contributed by atoms with Crippen molar-refractivity contribution < 1.29 is 20.4 Å². The SMILES string of the molecule is CC(C)c1c(O)cc(CCc2cc(O)c(C(C)C)c(O)c2)cc1O. The van der Waals surface area contributed by atoms with Gasteiger partial charge < -0.3 is 20.4 Å². The molecule has 0 heterocycles. The molecule has 4 nitrogen and oxygen atoms in total. The molecule has 0 aliphatic rings. The van der Waals surface area contributed by atoms with Crippen LogP contribution in [-0.2, 0) is 12.8 Å². The highest BCUT2D eigenvalue weighted by Crippen LogP contribution is 2.37. The second kappa shape index (κ2) is 7.04. The number of phenols is 4. The van der Waals surface area contributed by atoms with E-state index in [1.807, 2.05) is 27.7 Å². The first-order valence-electron chi connectivity index (χ1n) is 8.30. The van der Waals surface area contributed by atoms with E-state index in [2.05, 4.69) is 0 Å². The molecular formula is C20H26O4. The van der Waals surface area contributed by atoms with E-state index in [-0.39, 0.29) is 34.8 Å². The summed E-state index contributed by atoms with van der Waals surface area (Å²) in [6.45, 7) is 7.65. The van der Waals surface area contributed by atoms with E-state index in [0.29, 0.717) is 24.0 Å². The van der Waals surface area contributed by atoms with Gasteiger partial charge in [0, 0.05) is 11.1 Å². The Hall–Kier alpha value is -2.36. The summed E-state index contributed by atoms with van der Waals surface area (Å²) in [5.41, 5.74) is 2.72. The van der Waals surface area contributed by atoms with Gasteiger partial charge in [-0.3, -0.25) is 0 Å². The molecule has 4 heteroatoms. The van der Waals surface area contributed by atoms with Crippen molar-refractivity contribution in [2.24, 2.45) is 0 Å². The number of aromatic hydroxyl groups is 4. The Bertz CT molecular complexity index is 623. The lowest BCUT2D eigenvalue weighted by Gasteiger charge is -2.14. The molecule has 0 aliphatic heterocycles. The lowest BCUT2D eigenvalue weighted by atomic mass is 9.94. The quantitative estimate of drug-likeness (QED) is 0.649. The highest BCUT2D eigenvalue weighted by atomic mass is 16.3. The molecule has 0 spiro atoms. The zero-order valence-electron chi connectivity index (χ0n) is 14.7. The number of phenolic OH excluding ortho intramolecular Hbond substituents is 4. The van der Waals surface area contributed by atoms with E-state index in [1.165, 1.54) is 0 Å². The lowest BCUT2D eigenvalue weighted by molar-refractivity contribution is 0.430. The standard InChI is InChI=1S/C20H26O4/c1-11(2)19-15(21)7-13(8-16(19)22)5-6-14-9-17(23)20(12(3)4)18(24)10-14/h7-12,21-24H,5-6H2,1-4H3. The molecule has 0 fully saturated rings. The molecule has 0 aliphatic carbocycles. The van der Waals surface area contributed by atoms with Crippen LogP contribution in [0.3, 0.4) is 0 Å². The van der Waals surface area contributed by atoms with Crippen molar-refractivity contribution in [1.82, 2.24) is 0 Å². The van der Waals surface area contributed by atoms with Gasteiger partial charge >= 0.3 is 0 Å². The summed E-state index contributed by atoms with van der Waals surface area (Å²) in [5.74, 6) is 0.469. The van der Waals surface area contributed by atoms with Crippen molar-refractivity contribution in [2.75, 3.05) is 0 Å². The van der Waals surface area contributed by atoms with Gasteiger partial charge in [-0.1, -0.05) is 27.7 Å². The molecule has 0 atom stereocenters. The zero-order valence-corrected chi connectivity index (χ0v) is 14.7. The minimum Gasteiger partial charge on any atom is -0.508 e. The normalized spacial score (nSPS) is 11.4. The smallest absolute Gasteiger partial charge is 0.123 e. The average Bonchev–Trinajstić information content (AvgIpc) is 2.42. The van der Waals surface area contributed by atoms with Gasteiger partial charge in [0.2, 0.25) is 0 Å². The fraction of sp³-hybridized carbons (Fsp3) is 0.400. The van der Waals surface area contributed by atoms with Crippen molar-refractivity contribution >= 4 is 0 Å². The van der Waals surface area contributed by atoms with E-state index in [4.69, 9.17) is 0 Å². The second-order valence-electron chi connectivity index (χ2n) is 6.90. The predicted octanol–water partition coefficient (Wildman–Crippen LogP) is 4.54. The fourth-order valence-electron chi connectivity index (χ4n) is 3.12. The van der Waals surface area contributed by atoms with E-state index in [9.17, 15) is 20.4 Å². The first kappa shape index (κ1) is 18.0. The van der Waals surface area contributed by atoms with Gasteiger partial charge in [-0.15, -0.1) is 0 Å². The van der Waals surface area contributed by atoms with E-state index in [1.54, 1.807) is 24.3 Å². The van der Waals surface area contributed by atoms with Crippen LogP contribution >= 0.6 is 0 Å².